The molecule has 1 aromatic heterocycles. The van der Waals surface area contributed by atoms with Gasteiger partial charge < -0.3 is 14.0 Å². The van der Waals surface area contributed by atoms with Crippen molar-refractivity contribution in [3.05, 3.63) is 58.1 Å². The SMILES string of the molecule is CCOC(=O)Cn1c(=NC(=O)Cc2cc(C)ccc2OC)sc2cc(F)ccc21. The fraction of sp³-hybridized carbons (Fsp3) is 0.286. The van der Waals surface area contributed by atoms with Gasteiger partial charge in [0.25, 0.3) is 5.91 Å². The zero-order chi connectivity index (χ0) is 21.0. The van der Waals surface area contributed by atoms with Crippen LogP contribution < -0.4 is 9.54 Å². The first-order chi connectivity index (χ1) is 13.9. The molecule has 0 aliphatic carbocycles. The predicted octanol–water partition coefficient (Wildman–Crippen LogP) is 3.39. The second kappa shape index (κ2) is 9.00. The second-order valence-corrected chi connectivity index (χ2v) is 7.39. The fourth-order valence-electron chi connectivity index (χ4n) is 2.98. The minimum Gasteiger partial charge on any atom is -0.496 e. The number of nitrogens with zero attached hydrogens (tertiary/aromatic N) is 2. The van der Waals surface area contributed by atoms with Crippen LogP contribution >= 0.6 is 11.3 Å². The molecule has 3 aromatic rings. The maximum absolute atomic E-state index is 13.6. The molecule has 0 N–H and O–H groups in total. The third kappa shape index (κ3) is 4.89. The molecule has 8 heteroatoms. The summed E-state index contributed by atoms with van der Waals surface area (Å²) in [7, 11) is 1.55. The largest absolute Gasteiger partial charge is 0.496 e. The maximum Gasteiger partial charge on any atom is 0.326 e. The summed E-state index contributed by atoms with van der Waals surface area (Å²) in [5.74, 6) is -0.634. The number of hydrogen-bond donors (Lipinski definition) is 0. The normalized spacial score (nSPS) is 11.7. The van der Waals surface area contributed by atoms with Crippen LogP contribution in [0.15, 0.2) is 41.4 Å². The van der Waals surface area contributed by atoms with Gasteiger partial charge in [0, 0.05) is 5.56 Å². The number of rotatable bonds is 6. The molecule has 0 bridgehead atoms. The number of hydrogen-bond acceptors (Lipinski definition) is 5. The lowest BCUT2D eigenvalue weighted by molar-refractivity contribution is -0.143. The van der Waals surface area contributed by atoms with Crippen molar-refractivity contribution >= 4 is 33.4 Å². The molecule has 0 aliphatic rings. The maximum atomic E-state index is 13.6. The number of carbonyl (C=O) groups is 2. The first-order valence-electron chi connectivity index (χ1n) is 9.07. The average molecular weight is 416 g/mol. The van der Waals surface area contributed by atoms with Crippen LogP contribution in [-0.4, -0.2) is 30.2 Å². The van der Waals surface area contributed by atoms with Gasteiger partial charge in [-0.1, -0.05) is 29.0 Å². The molecule has 0 unspecified atom stereocenters. The van der Waals surface area contributed by atoms with Gasteiger partial charge in [-0.2, -0.15) is 4.99 Å². The average Bonchev–Trinajstić information content (AvgIpc) is 2.98. The highest BCUT2D eigenvalue weighted by atomic mass is 32.1. The monoisotopic (exact) mass is 416 g/mol. The van der Waals surface area contributed by atoms with E-state index in [0.717, 1.165) is 22.5 Å². The molecular weight excluding hydrogens is 395 g/mol. The van der Waals surface area contributed by atoms with Gasteiger partial charge in [-0.3, -0.25) is 9.59 Å². The number of methoxy groups -OCH3 is 1. The van der Waals surface area contributed by atoms with E-state index in [1.165, 1.54) is 12.1 Å². The molecule has 0 radical (unpaired) electrons. The van der Waals surface area contributed by atoms with E-state index < -0.39 is 17.7 Å². The van der Waals surface area contributed by atoms with Gasteiger partial charge in [0.15, 0.2) is 4.80 Å². The molecule has 0 fully saturated rings. The molecule has 0 aliphatic heterocycles. The molecule has 1 amide bonds. The van der Waals surface area contributed by atoms with Crippen molar-refractivity contribution in [3.63, 3.8) is 0 Å². The highest BCUT2D eigenvalue weighted by Gasteiger charge is 2.14. The van der Waals surface area contributed by atoms with Crippen molar-refractivity contribution in [3.8, 4) is 5.75 Å². The molecule has 29 heavy (non-hydrogen) atoms. The van der Waals surface area contributed by atoms with Gasteiger partial charge in [-0.05, 0) is 38.1 Å². The quantitative estimate of drug-likeness (QED) is 0.578. The topological polar surface area (TPSA) is 69.9 Å². The molecular formula is C21H21FN2O4S. The van der Waals surface area contributed by atoms with Gasteiger partial charge in [0.1, 0.15) is 18.1 Å². The Morgan fingerprint density at radius 2 is 2.00 bits per heavy atom. The summed E-state index contributed by atoms with van der Waals surface area (Å²) in [6.45, 7) is 3.78. The summed E-state index contributed by atoms with van der Waals surface area (Å²) in [5, 5.41) is 0. The molecule has 0 atom stereocenters. The molecule has 152 valence electrons. The first-order valence-corrected chi connectivity index (χ1v) is 9.88. The van der Waals surface area contributed by atoms with Gasteiger partial charge in [0.05, 0.1) is 30.4 Å². The van der Waals surface area contributed by atoms with E-state index in [2.05, 4.69) is 4.99 Å². The Balaban J connectivity index is 2.01. The van der Waals surface area contributed by atoms with Crippen LogP contribution in [0.3, 0.4) is 0 Å². The van der Waals surface area contributed by atoms with E-state index in [1.54, 1.807) is 30.7 Å². The number of ether oxygens (including phenoxy) is 2. The zero-order valence-corrected chi connectivity index (χ0v) is 17.2. The number of fused-ring (bicyclic) bond motifs is 1. The summed E-state index contributed by atoms with van der Waals surface area (Å²) in [6, 6.07) is 9.81. The third-order valence-corrected chi connectivity index (χ3v) is 5.28. The molecule has 0 saturated carbocycles. The Hall–Kier alpha value is -3.00. The smallest absolute Gasteiger partial charge is 0.326 e. The number of aromatic nitrogens is 1. The van der Waals surface area contributed by atoms with Crippen LogP contribution in [0.1, 0.15) is 18.1 Å². The van der Waals surface area contributed by atoms with Crippen molar-refractivity contribution in [1.82, 2.24) is 4.57 Å². The third-order valence-electron chi connectivity index (χ3n) is 4.24. The van der Waals surface area contributed by atoms with Crippen molar-refractivity contribution < 1.29 is 23.5 Å². The van der Waals surface area contributed by atoms with E-state index in [4.69, 9.17) is 9.47 Å². The number of halogens is 1. The Morgan fingerprint density at radius 1 is 1.21 bits per heavy atom. The summed E-state index contributed by atoms with van der Waals surface area (Å²) in [5.41, 5.74) is 2.35. The highest BCUT2D eigenvalue weighted by molar-refractivity contribution is 7.16. The summed E-state index contributed by atoms with van der Waals surface area (Å²) >= 11 is 1.15. The van der Waals surface area contributed by atoms with Crippen LogP contribution in [0.25, 0.3) is 10.2 Å². The number of thiazole rings is 1. The second-order valence-electron chi connectivity index (χ2n) is 6.39. The van der Waals surface area contributed by atoms with Gasteiger partial charge >= 0.3 is 5.97 Å². The number of carbonyl (C=O) groups excluding carboxylic acids is 2. The van der Waals surface area contributed by atoms with Crippen LogP contribution in [0.4, 0.5) is 4.39 Å². The standard InChI is InChI=1S/C21H21FN2O4S/c1-4-28-20(26)12-24-16-7-6-15(22)11-18(16)29-21(24)23-19(25)10-14-9-13(2)5-8-17(14)27-3/h5-9,11H,4,10,12H2,1-3H3. The highest BCUT2D eigenvalue weighted by Crippen LogP contribution is 2.21. The zero-order valence-electron chi connectivity index (χ0n) is 16.4. The number of esters is 1. The molecule has 0 saturated heterocycles. The minimum absolute atomic E-state index is 0.0485. The molecule has 1 heterocycles. The summed E-state index contributed by atoms with van der Waals surface area (Å²) in [4.78, 5) is 29.2. The molecule has 2 aromatic carbocycles. The van der Waals surface area contributed by atoms with E-state index in [1.807, 2.05) is 19.1 Å². The Labute approximate surface area is 171 Å². The first kappa shape index (κ1) is 20.7. The lowest BCUT2D eigenvalue weighted by Gasteiger charge is -2.07. The van der Waals surface area contributed by atoms with Crippen LogP contribution in [0.2, 0.25) is 0 Å². The van der Waals surface area contributed by atoms with E-state index in [0.29, 0.717) is 20.8 Å². The fourth-order valence-corrected chi connectivity index (χ4v) is 4.05. The Morgan fingerprint density at radius 3 is 2.72 bits per heavy atom. The minimum atomic E-state index is -0.453. The number of benzene rings is 2. The van der Waals surface area contributed by atoms with Crippen molar-refractivity contribution in [2.45, 2.75) is 26.8 Å². The lowest BCUT2D eigenvalue weighted by Crippen LogP contribution is -2.23. The van der Waals surface area contributed by atoms with Crippen molar-refractivity contribution in [1.29, 1.82) is 0 Å². The van der Waals surface area contributed by atoms with Crippen LogP contribution in [0, 0.1) is 12.7 Å². The molecule has 3 rings (SSSR count). The van der Waals surface area contributed by atoms with Gasteiger partial charge in [-0.25, -0.2) is 4.39 Å². The number of aryl methyl sites for hydroxylation is 1. The Bertz CT molecular complexity index is 1130. The van der Waals surface area contributed by atoms with E-state index in [9.17, 15) is 14.0 Å². The summed E-state index contributed by atoms with van der Waals surface area (Å²) in [6.07, 6.45) is 0.0485. The molecule has 0 spiro atoms. The van der Waals surface area contributed by atoms with Crippen LogP contribution in [-0.2, 0) is 27.3 Å². The van der Waals surface area contributed by atoms with Gasteiger partial charge in [-0.15, -0.1) is 0 Å². The van der Waals surface area contributed by atoms with Gasteiger partial charge in [0.2, 0.25) is 0 Å². The van der Waals surface area contributed by atoms with Crippen molar-refractivity contribution in [2.24, 2.45) is 4.99 Å². The number of amides is 1. The summed E-state index contributed by atoms with van der Waals surface area (Å²) < 4.78 is 26.1. The van der Waals surface area contributed by atoms with Crippen molar-refractivity contribution in [2.75, 3.05) is 13.7 Å². The lowest BCUT2D eigenvalue weighted by atomic mass is 10.1. The van der Waals surface area contributed by atoms with E-state index in [-0.39, 0.29) is 19.6 Å². The Kier molecular flexibility index (Phi) is 6.43. The van der Waals surface area contributed by atoms with E-state index >= 15 is 0 Å². The van der Waals surface area contributed by atoms with Crippen LogP contribution in [0.5, 0.6) is 5.75 Å². The molecule has 6 nitrogen and oxygen atoms in total. The predicted molar refractivity (Wildman–Crippen MR) is 108 cm³/mol.